The van der Waals surface area contributed by atoms with Gasteiger partial charge < -0.3 is 10.4 Å². The lowest BCUT2D eigenvalue weighted by molar-refractivity contribution is -0.116. The van der Waals surface area contributed by atoms with Gasteiger partial charge in [0.05, 0.1) is 11.8 Å². The third-order valence-corrected chi connectivity index (χ3v) is 3.22. The number of hydrogen-bond acceptors (Lipinski definition) is 2. The molecule has 1 aromatic rings. The van der Waals surface area contributed by atoms with Crippen LogP contribution in [0.4, 0.5) is 10.1 Å². The van der Waals surface area contributed by atoms with Crippen molar-refractivity contribution in [1.29, 1.82) is 0 Å². The summed E-state index contributed by atoms with van der Waals surface area (Å²) in [6.45, 7) is 0. The highest BCUT2D eigenvalue weighted by atomic mass is 79.9. The van der Waals surface area contributed by atoms with Crippen molar-refractivity contribution in [2.45, 2.75) is 18.9 Å². The van der Waals surface area contributed by atoms with E-state index in [1.54, 1.807) is 6.07 Å². The zero-order valence-corrected chi connectivity index (χ0v) is 10.1. The molecule has 0 aromatic heterocycles. The van der Waals surface area contributed by atoms with Crippen LogP contribution in [0.2, 0.25) is 0 Å². The fourth-order valence-corrected chi connectivity index (χ4v) is 2.13. The maximum Gasteiger partial charge on any atom is 0.224 e. The van der Waals surface area contributed by atoms with Gasteiger partial charge >= 0.3 is 0 Å². The average Bonchev–Trinajstić information content (AvgIpc) is 2.28. The summed E-state index contributed by atoms with van der Waals surface area (Å²) in [5.41, 5.74) is 1.53. The summed E-state index contributed by atoms with van der Waals surface area (Å²) < 4.78 is 13.7. The Labute approximate surface area is 101 Å². The van der Waals surface area contributed by atoms with Crippen LogP contribution in [0.1, 0.15) is 23.7 Å². The first kappa shape index (κ1) is 11.5. The van der Waals surface area contributed by atoms with Gasteiger partial charge in [-0.2, -0.15) is 0 Å². The number of aryl methyl sites for hydroxylation is 1. The number of alkyl halides is 1. The van der Waals surface area contributed by atoms with Crippen molar-refractivity contribution < 1.29 is 14.3 Å². The number of fused-ring (bicyclic) bond motifs is 1. The number of carbonyl (C=O) groups excluding carboxylic acids is 1. The smallest absolute Gasteiger partial charge is 0.224 e. The van der Waals surface area contributed by atoms with Gasteiger partial charge in [0.1, 0.15) is 5.82 Å². The zero-order valence-electron chi connectivity index (χ0n) is 8.46. The second kappa shape index (κ2) is 4.51. The van der Waals surface area contributed by atoms with Crippen molar-refractivity contribution in [1.82, 2.24) is 0 Å². The summed E-state index contributed by atoms with van der Waals surface area (Å²) in [7, 11) is 0. The van der Waals surface area contributed by atoms with E-state index in [0.29, 0.717) is 23.7 Å². The van der Waals surface area contributed by atoms with Gasteiger partial charge in [0.15, 0.2) is 0 Å². The van der Waals surface area contributed by atoms with Crippen LogP contribution >= 0.6 is 15.9 Å². The van der Waals surface area contributed by atoms with E-state index in [9.17, 15) is 14.3 Å². The number of aliphatic hydroxyl groups is 1. The molecule has 0 saturated carbocycles. The van der Waals surface area contributed by atoms with E-state index in [2.05, 4.69) is 21.2 Å². The van der Waals surface area contributed by atoms with Crippen LogP contribution in [0.15, 0.2) is 12.1 Å². The third-order valence-electron chi connectivity index (χ3n) is 2.61. The number of halogens is 2. The lowest BCUT2D eigenvalue weighted by Gasteiger charge is -2.19. The van der Waals surface area contributed by atoms with Gasteiger partial charge in [0, 0.05) is 11.8 Å². The third kappa shape index (κ3) is 2.10. The summed E-state index contributed by atoms with van der Waals surface area (Å²) in [5.74, 6) is -0.652. The molecule has 0 bridgehead atoms. The molecule has 86 valence electrons. The highest BCUT2D eigenvalue weighted by Crippen LogP contribution is 2.29. The summed E-state index contributed by atoms with van der Waals surface area (Å²) in [6.07, 6.45) is 0.152. The highest BCUT2D eigenvalue weighted by molar-refractivity contribution is 9.09. The molecular weight excluding hydrogens is 277 g/mol. The van der Waals surface area contributed by atoms with Gasteiger partial charge in [0.25, 0.3) is 0 Å². The number of hydrogen-bond donors (Lipinski definition) is 2. The van der Waals surface area contributed by atoms with Crippen LogP contribution in [-0.4, -0.2) is 16.3 Å². The molecule has 0 saturated heterocycles. The first-order valence-electron chi connectivity index (χ1n) is 4.98. The van der Waals surface area contributed by atoms with E-state index in [1.807, 2.05) is 0 Å². The first-order chi connectivity index (χ1) is 7.61. The minimum absolute atomic E-state index is 0.166. The van der Waals surface area contributed by atoms with E-state index in [-0.39, 0.29) is 11.6 Å². The molecule has 16 heavy (non-hydrogen) atoms. The molecule has 0 spiro atoms. The number of rotatable bonds is 2. The van der Waals surface area contributed by atoms with Gasteiger partial charge in [0.2, 0.25) is 5.91 Å². The number of carbonyl (C=O) groups is 1. The van der Waals surface area contributed by atoms with E-state index in [1.165, 1.54) is 6.07 Å². The predicted molar refractivity (Wildman–Crippen MR) is 62.1 cm³/mol. The van der Waals surface area contributed by atoms with E-state index < -0.39 is 11.9 Å². The molecule has 1 heterocycles. The summed E-state index contributed by atoms with van der Waals surface area (Å²) in [4.78, 5) is 11.1. The fourth-order valence-electron chi connectivity index (χ4n) is 1.76. The minimum Gasteiger partial charge on any atom is -0.388 e. The van der Waals surface area contributed by atoms with Crippen LogP contribution in [0.25, 0.3) is 0 Å². The summed E-state index contributed by atoms with van der Waals surface area (Å²) in [6, 6.07) is 3.00. The highest BCUT2D eigenvalue weighted by Gasteiger charge is 2.20. The normalized spacial score (nSPS) is 16.6. The van der Waals surface area contributed by atoms with Gasteiger partial charge in [-0.1, -0.05) is 22.0 Å². The van der Waals surface area contributed by atoms with Crippen LogP contribution < -0.4 is 5.32 Å². The standard InChI is InChI=1S/C11H11BrFNO2/c12-5-9(15)7-3-6-1-2-10(16)14-11(6)8(13)4-7/h3-4,9,15H,1-2,5H2,(H,14,16). The molecule has 1 atom stereocenters. The maximum absolute atomic E-state index is 13.7. The summed E-state index contributed by atoms with van der Waals surface area (Å²) in [5, 5.41) is 12.5. The van der Waals surface area contributed by atoms with E-state index in [4.69, 9.17) is 0 Å². The molecule has 5 heteroatoms. The van der Waals surface area contributed by atoms with E-state index in [0.717, 1.165) is 5.56 Å². The van der Waals surface area contributed by atoms with Crippen LogP contribution in [0.3, 0.4) is 0 Å². The Balaban J connectivity index is 2.42. The molecule has 1 unspecified atom stereocenters. The minimum atomic E-state index is -0.725. The fraction of sp³-hybridized carbons (Fsp3) is 0.364. The molecule has 3 nitrogen and oxygen atoms in total. The Morgan fingerprint density at radius 2 is 2.25 bits per heavy atom. The van der Waals surface area contributed by atoms with Crippen molar-refractivity contribution >= 4 is 27.5 Å². The van der Waals surface area contributed by atoms with Gasteiger partial charge in [-0.3, -0.25) is 4.79 Å². The molecule has 2 rings (SSSR count). The zero-order chi connectivity index (χ0) is 11.7. The van der Waals surface area contributed by atoms with Crippen LogP contribution in [0, 0.1) is 5.82 Å². The number of anilines is 1. The molecule has 2 N–H and O–H groups in total. The Hall–Kier alpha value is -0.940. The molecular formula is C11H11BrFNO2. The number of aliphatic hydroxyl groups excluding tert-OH is 1. The molecule has 0 radical (unpaired) electrons. The molecule has 1 aliphatic rings. The second-order valence-corrected chi connectivity index (χ2v) is 4.40. The van der Waals surface area contributed by atoms with Crippen molar-refractivity contribution in [3.8, 4) is 0 Å². The lowest BCUT2D eigenvalue weighted by Crippen LogP contribution is -2.20. The van der Waals surface area contributed by atoms with Gasteiger partial charge in [-0.05, 0) is 23.6 Å². The SMILES string of the molecule is O=C1CCc2cc(C(O)CBr)cc(F)c2N1. The Kier molecular flexibility index (Phi) is 3.25. The molecule has 0 aliphatic carbocycles. The Morgan fingerprint density at radius 3 is 2.94 bits per heavy atom. The van der Waals surface area contributed by atoms with Gasteiger partial charge in [-0.25, -0.2) is 4.39 Å². The molecule has 1 aliphatic heterocycles. The van der Waals surface area contributed by atoms with Crippen LogP contribution in [-0.2, 0) is 11.2 Å². The van der Waals surface area contributed by atoms with Gasteiger partial charge in [-0.15, -0.1) is 0 Å². The topological polar surface area (TPSA) is 49.3 Å². The molecule has 0 fully saturated rings. The van der Waals surface area contributed by atoms with Crippen molar-refractivity contribution in [2.24, 2.45) is 0 Å². The average molecular weight is 288 g/mol. The monoisotopic (exact) mass is 287 g/mol. The van der Waals surface area contributed by atoms with E-state index >= 15 is 0 Å². The Bertz CT molecular complexity index is 436. The summed E-state index contributed by atoms with van der Waals surface area (Å²) >= 11 is 3.14. The predicted octanol–water partition coefficient (Wildman–Crippen LogP) is 2.14. The van der Waals surface area contributed by atoms with Crippen LogP contribution in [0.5, 0.6) is 0 Å². The number of nitrogens with one attached hydrogen (secondary N) is 1. The largest absolute Gasteiger partial charge is 0.388 e. The number of benzene rings is 1. The number of amides is 1. The Morgan fingerprint density at radius 1 is 1.50 bits per heavy atom. The lowest BCUT2D eigenvalue weighted by atomic mass is 9.98. The molecule has 1 amide bonds. The second-order valence-electron chi connectivity index (χ2n) is 3.76. The quantitative estimate of drug-likeness (QED) is 0.819. The molecule has 1 aromatic carbocycles. The maximum atomic E-state index is 13.7. The van der Waals surface area contributed by atoms with Crippen molar-refractivity contribution in [3.05, 3.63) is 29.1 Å². The first-order valence-corrected chi connectivity index (χ1v) is 6.10. The van der Waals surface area contributed by atoms with Crippen molar-refractivity contribution in [2.75, 3.05) is 10.6 Å². The van der Waals surface area contributed by atoms with Crippen molar-refractivity contribution in [3.63, 3.8) is 0 Å².